The van der Waals surface area contributed by atoms with Crippen molar-refractivity contribution in [2.45, 2.75) is 108 Å². The molecule has 0 aromatic heterocycles. The van der Waals surface area contributed by atoms with Gasteiger partial charge in [0.1, 0.15) is 36.8 Å². The maximum atomic E-state index is 13.9. The smallest absolute Gasteiger partial charge is 0.322 e. The molecule has 0 heterocycles. The fourth-order valence-electron chi connectivity index (χ4n) is 5.82. The van der Waals surface area contributed by atoms with Crippen LogP contribution in [0.3, 0.4) is 0 Å². The van der Waals surface area contributed by atoms with E-state index in [0.717, 1.165) is 0 Å². The molecular formula is C38H66N16O8. The van der Waals surface area contributed by atoms with E-state index in [4.69, 9.17) is 44.3 Å². The molecule has 21 N–H and O–H groups in total. The molecular weight excluding hydrogens is 809 g/mol. The van der Waals surface area contributed by atoms with Gasteiger partial charge in [0, 0.05) is 26.1 Å². The molecule has 0 radical (unpaired) electrons. The van der Waals surface area contributed by atoms with Gasteiger partial charge in [-0.3, -0.25) is 49.8 Å². The largest absolute Gasteiger partial charge is 0.480 e. The fourth-order valence-corrected chi connectivity index (χ4v) is 5.82. The van der Waals surface area contributed by atoms with Crippen LogP contribution in [0, 0.1) is 22.1 Å². The molecule has 1 rings (SSSR count). The second kappa shape index (κ2) is 28.7. The summed E-state index contributed by atoms with van der Waals surface area (Å²) in [5.74, 6) is -6.71. The van der Waals surface area contributed by atoms with Gasteiger partial charge < -0.3 is 75.9 Å². The van der Waals surface area contributed by atoms with Crippen LogP contribution in [0.4, 0.5) is 0 Å². The van der Waals surface area contributed by atoms with E-state index in [9.17, 15) is 33.6 Å². The summed E-state index contributed by atoms with van der Waals surface area (Å²) in [5, 5.41) is 54.3. The number of nitrogens with two attached hydrogens (primary N) is 4. The standard InChI is InChI=1S/C38H66N16O8/c1-21(2)18-27(32(59)49-20-29(55)56)54-34(61)26(14-9-17-48-38(44)45)51-30(57)22(3)50-33(60)25(13-8-16-47-37(42)43)52-35(62)28(19-23-10-5-4-6-11-23)53-31(58)24(39)12-7-15-46-36(40)41/h4-6,10-11,21-22,24-28H,7-9,12-20,39H2,1-3H3,(H,49,59)(H,50,60)(H,51,57)(H,52,62)(H,53,58)(H,54,61)(H,55,56)(H4,40,41,46)(H4,42,43,47)(H4,44,45,48)/t22-,24-,25-,26-,27-,28-/m0/s1. The van der Waals surface area contributed by atoms with Crippen LogP contribution < -0.4 is 70.8 Å². The van der Waals surface area contributed by atoms with Crippen molar-refractivity contribution in [2.75, 3.05) is 26.2 Å². The molecule has 0 bridgehead atoms. The Bertz CT molecular complexity index is 1680. The van der Waals surface area contributed by atoms with E-state index in [2.05, 4.69) is 47.9 Å². The van der Waals surface area contributed by atoms with Gasteiger partial charge in [0.15, 0.2) is 17.9 Å². The lowest BCUT2D eigenvalue weighted by atomic mass is 10.0. The zero-order chi connectivity index (χ0) is 46.8. The van der Waals surface area contributed by atoms with Crippen molar-refractivity contribution < 1.29 is 38.7 Å². The molecule has 0 aliphatic heterocycles. The minimum absolute atomic E-state index is 0.00101. The Hall–Kier alpha value is -6.72. The summed E-state index contributed by atoms with van der Waals surface area (Å²) in [5.41, 5.74) is 22.9. The van der Waals surface area contributed by atoms with Crippen LogP contribution in [0.1, 0.15) is 71.3 Å². The molecule has 0 spiro atoms. The van der Waals surface area contributed by atoms with Crippen molar-refractivity contribution in [3.8, 4) is 0 Å². The Kier molecular flexibility index (Phi) is 24.7. The van der Waals surface area contributed by atoms with E-state index >= 15 is 0 Å². The number of guanidine groups is 3. The van der Waals surface area contributed by atoms with Crippen LogP contribution in [0.25, 0.3) is 0 Å². The van der Waals surface area contributed by atoms with Crippen molar-refractivity contribution in [1.82, 2.24) is 47.9 Å². The van der Waals surface area contributed by atoms with E-state index in [1.165, 1.54) is 6.92 Å². The first-order valence-corrected chi connectivity index (χ1v) is 20.2. The number of hydrogen-bond acceptors (Lipinski definition) is 11. The average Bonchev–Trinajstić information content (AvgIpc) is 3.19. The average molecular weight is 875 g/mol. The van der Waals surface area contributed by atoms with E-state index in [1.54, 1.807) is 44.2 Å². The monoisotopic (exact) mass is 875 g/mol. The van der Waals surface area contributed by atoms with Crippen molar-refractivity contribution in [3.63, 3.8) is 0 Å². The normalized spacial score (nSPS) is 13.6. The van der Waals surface area contributed by atoms with Crippen LogP contribution in [0.5, 0.6) is 0 Å². The van der Waals surface area contributed by atoms with Gasteiger partial charge in [-0.2, -0.15) is 0 Å². The maximum absolute atomic E-state index is 13.9. The molecule has 6 atom stereocenters. The molecule has 0 saturated heterocycles. The number of nitrogens with one attached hydrogen (secondary N) is 12. The van der Waals surface area contributed by atoms with E-state index in [-0.39, 0.29) is 81.8 Å². The molecule has 346 valence electrons. The summed E-state index contributed by atoms with van der Waals surface area (Å²) in [6, 6.07) is 1.63. The minimum Gasteiger partial charge on any atom is -0.480 e. The highest BCUT2D eigenvalue weighted by Crippen LogP contribution is 2.09. The highest BCUT2D eigenvalue weighted by molar-refractivity contribution is 5.97. The number of aliphatic carboxylic acids is 1. The van der Waals surface area contributed by atoms with Crippen LogP contribution in [-0.4, -0.2) is 127 Å². The number of hydrogen-bond donors (Lipinski definition) is 17. The summed E-state index contributed by atoms with van der Waals surface area (Å²) in [4.78, 5) is 91.9. The van der Waals surface area contributed by atoms with E-state index in [0.29, 0.717) is 18.5 Å². The Morgan fingerprint density at radius 2 is 1.00 bits per heavy atom. The Labute approximate surface area is 360 Å². The number of rotatable bonds is 29. The van der Waals surface area contributed by atoms with Gasteiger partial charge >= 0.3 is 5.97 Å². The van der Waals surface area contributed by atoms with Crippen LogP contribution >= 0.6 is 0 Å². The van der Waals surface area contributed by atoms with Crippen molar-refractivity contribution in [3.05, 3.63) is 35.9 Å². The summed E-state index contributed by atoms with van der Waals surface area (Å²) >= 11 is 0. The minimum atomic E-state index is -1.29. The second-order valence-electron chi connectivity index (χ2n) is 15.0. The van der Waals surface area contributed by atoms with Gasteiger partial charge in [0.05, 0.1) is 6.04 Å². The lowest BCUT2D eigenvalue weighted by Crippen LogP contribution is -2.59. The van der Waals surface area contributed by atoms with Crippen LogP contribution in [0.2, 0.25) is 0 Å². The number of carboxylic acids is 1. The number of carboxylic acid groups (broad SMARTS) is 1. The SMILES string of the molecule is CC(C)C[C@H](NC(=O)[C@H](CCCNC(=N)N)NC(=O)[C@H](C)NC(=O)[C@H](CCCNC(=N)N)NC(=O)[C@H](Cc1ccccc1)NC(=O)[C@@H](N)CCCNC(=N)N)C(=O)NCC(=O)O. The van der Waals surface area contributed by atoms with Crippen LogP contribution in [-0.2, 0) is 40.0 Å². The summed E-state index contributed by atoms with van der Waals surface area (Å²) < 4.78 is 0. The maximum Gasteiger partial charge on any atom is 0.322 e. The van der Waals surface area contributed by atoms with E-state index < -0.39 is 84.2 Å². The number of carbonyl (C=O) groups excluding carboxylic acids is 6. The predicted octanol–water partition coefficient (Wildman–Crippen LogP) is -3.96. The molecule has 0 unspecified atom stereocenters. The first-order chi connectivity index (χ1) is 29.2. The Balaban J connectivity index is 3.28. The third-order valence-corrected chi connectivity index (χ3v) is 9.00. The third kappa shape index (κ3) is 23.2. The van der Waals surface area contributed by atoms with Crippen molar-refractivity contribution in [1.29, 1.82) is 16.2 Å². The molecule has 6 amide bonds. The number of amides is 6. The fraction of sp³-hybridized carbons (Fsp3) is 0.579. The lowest BCUT2D eigenvalue weighted by molar-refractivity contribution is -0.138. The first-order valence-electron chi connectivity index (χ1n) is 20.2. The third-order valence-electron chi connectivity index (χ3n) is 9.00. The predicted molar refractivity (Wildman–Crippen MR) is 231 cm³/mol. The van der Waals surface area contributed by atoms with Gasteiger partial charge in [-0.05, 0) is 63.4 Å². The van der Waals surface area contributed by atoms with Crippen LogP contribution in [0.15, 0.2) is 30.3 Å². The molecule has 0 aliphatic carbocycles. The summed E-state index contributed by atoms with van der Waals surface area (Å²) in [6.45, 7) is 4.88. The van der Waals surface area contributed by atoms with Gasteiger partial charge in [-0.25, -0.2) is 0 Å². The Morgan fingerprint density at radius 1 is 0.565 bits per heavy atom. The number of benzene rings is 1. The Morgan fingerprint density at radius 3 is 1.48 bits per heavy atom. The first kappa shape index (κ1) is 53.3. The number of carbonyl (C=O) groups is 7. The molecule has 24 heteroatoms. The van der Waals surface area contributed by atoms with Gasteiger partial charge in [-0.1, -0.05) is 44.2 Å². The summed E-state index contributed by atoms with van der Waals surface area (Å²) in [7, 11) is 0. The molecule has 1 aromatic carbocycles. The zero-order valence-electron chi connectivity index (χ0n) is 35.5. The molecule has 24 nitrogen and oxygen atoms in total. The second-order valence-corrected chi connectivity index (χ2v) is 15.0. The molecule has 1 aromatic rings. The molecule has 0 saturated carbocycles. The van der Waals surface area contributed by atoms with E-state index in [1.807, 2.05) is 0 Å². The summed E-state index contributed by atoms with van der Waals surface area (Å²) in [6.07, 6.45) is 1.23. The van der Waals surface area contributed by atoms with Crippen molar-refractivity contribution >= 4 is 59.3 Å². The van der Waals surface area contributed by atoms with Crippen molar-refractivity contribution in [2.24, 2.45) is 28.9 Å². The topological polar surface area (TPSA) is 424 Å². The highest BCUT2D eigenvalue weighted by atomic mass is 16.4. The quantitative estimate of drug-likeness (QED) is 0.0207. The lowest BCUT2D eigenvalue weighted by Gasteiger charge is -2.27. The highest BCUT2D eigenvalue weighted by Gasteiger charge is 2.32. The molecule has 0 fully saturated rings. The van der Waals surface area contributed by atoms with Gasteiger partial charge in [0.25, 0.3) is 0 Å². The molecule has 0 aliphatic rings. The van der Waals surface area contributed by atoms with Gasteiger partial charge in [-0.15, -0.1) is 0 Å². The molecule has 62 heavy (non-hydrogen) atoms. The zero-order valence-corrected chi connectivity index (χ0v) is 35.5. The van der Waals surface area contributed by atoms with Gasteiger partial charge in [0.2, 0.25) is 35.4 Å².